The Balaban J connectivity index is 1.21. The largest absolute Gasteiger partial charge is 0.472 e. The van der Waals surface area contributed by atoms with Gasteiger partial charge in [0.2, 0.25) is 5.95 Å². The number of anilines is 2. The van der Waals surface area contributed by atoms with Crippen LogP contribution in [0, 0.1) is 0 Å². The Kier molecular flexibility index (Phi) is 7.30. The van der Waals surface area contributed by atoms with E-state index in [2.05, 4.69) is 30.2 Å². The van der Waals surface area contributed by atoms with Crippen molar-refractivity contribution >= 4 is 49.6 Å². The molecule has 10 atom stereocenters. The summed E-state index contributed by atoms with van der Waals surface area (Å²) < 4.78 is 62.2. The number of fused-ring (bicyclic) bond motifs is 5. The third kappa shape index (κ3) is 5.42. The van der Waals surface area contributed by atoms with Gasteiger partial charge < -0.3 is 35.8 Å². The van der Waals surface area contributed by atoms with Gasteiger partial charge in [0.15, 0.2) is 29.3 Å². The van der Waals surface area contributed by atoms with Crippen LogP contribution in [0.25, 0.3) is 22.3 Å². The Morgan fingerprint density at radius 2 is 1.82 bits per heavy atom. The van der Waals surface area contributed by atoms with Crippen molar-refractivity contribution in [1.82, 2.24) is 39.5 Å². The first-order chi connectivity index (χ1) is 21.3. The second-order valence-corrected chi connectivity index (χ2v) is 13.3. The maximum absolute atomic E-state index is 13.3. The van der Waals surface area contributed by atoms with Gasteiger partial charge in [-0.15, -0.1) is 5.10 Å². The first-order valence-electron chi connectivity index (χ1n) is 13.3. The number of hydrogen-bond donors (Lipinski definition) is 6. The highest BCUT2D eigenvalue weighted by Crippen LogP contribution is 2.54. The van der Waals surface area contributed by atoms with Crippen LogP contribution in [0.1, 0.15) is 25.8 Å². The molecule has 4 aromatic heterocycles. The molecule has 2 bridgehead atoms. The van der Waals surface area contributed by atoms with Gasteiger partial charge in [-0.05, 0) is 13.0 Å². The SMILES string of the molecule is C[C@@H]1OP(=O)(O)O[C@@H]2C[C@@H](COP(=O)(O)O[C@H]3[C@@H](O)[C@H](n4cnc5c(N)ccnc54)O[C@H]31)O[C@H]2n1nnc2c(=O)[nH]c(N)nc21. The molecule has 3 aliphatic heterocycles. The molecular formula is C21H26N10O12P2. The van der Waals surface area contributed by atoms with Crippen LogP contribution < -0.4 is 17.0 Å². The zero-order valence-corrected chi connectivity index (χ0v) is 24.7. The highest BCUT2D eigenvalue weighted by molar-refractivity contribution is 7.47. The summed E-state index contributed by atoms with van der Waals surface area (Å²) in [7, 11) is -9.95. The van der Waals surface area contributed by atoms with Gasteiger partial charge in [-0.1, -0.05) is 5.21 Å². The van der Waals surface area contributed by atoms with Crippen molar-refractivity contribution in [3.8, 4) is 0 Å². The van der Waals surface area contributed by atoms with Crippen molar-refractivity contribution in [3.63, 3.8) is 0 Å². The minimum Gasteiger partial charge on any atom is -0.397 e. The molecule has 2 unspecified atom stereocenters. The van der Waals surface area contributed by atoms with Gasteiger partial charge in [0.1, 0.15) is 29.9 Å². The van der Waals surface area contributed by atoms with Crippen molar-refractivity contribution in [2.45, 2.75) is 62.4 Å². The van der Waals surface area contributed by atoms with E-state index in [1.807, 2.05) is 0 Å². The number of nitrogen functional groups attached to an aromatic ring is 2. The van der Waals surface area contributed by atoms with Gasteiger partial charge in [0, 0.05) is 12.6 Å². The van der Waals surface area contributed by atoms with E-state index in [4.69, 9.17) is 39.0 Å². The van der Waals surface area contributed by atoms with Crippen LogP contribution in [0.4, 0.5) is 11.6 Å². The number of phosphoric acid groups is 2. The van der Waals surface area contributed by atoms with Crippen LogP contribution in [-0.2, 0) is 36.7 Å². The van der Waals surface area contributed by atoms with Gasteiger partial charge in [-0.2, -0.15) is 9.67 Å². The highest BCUT2D eigenvalue weighted by atomic mass is 31.2. The number of nitrogens with zero attached hydrogens (tertiary/aromatic N) is 7. The van der Waals surface area contributed by atoms with E-state index >= 15 is 0 Å². The molecule has 3 saturated heterocycles. The number of nitrogens with one attached hydrogen (secondary N) is 1. The predicted molar refractivity (Wildman–Crippen MR) is 147 cm³/mol. The number of H-pyrrole nitrogens is 1. The summed E-state index contributed by atoms with van der Waals surface area (Å²) in [4.78, 5) is 48.5. The molecule has 0 amide bonds. The number of phosphoric ester groups is 2. The second-order valence-electron chi connectivity index (χ2n) is 10.5. The minimum atomic E-state index is -4.99. The van der Waals surface area contributed by atoms with E-state index < -0.39 is 76.9 Å². The predicted octanol–water partition coefficient (Wildman–Crippen LogP) is -0.924. The molecule has 0 radical (unpaired) electrons. The first kappa shape index (κ1) is 30.3. The molecule has 22 nitrogen and oxygen atoms in total. The zero-order chi connectivity index (χ0) is 31.8. The smallest absolute Gasteiger partial charge is 0.397 e. The lowest BCUT2D eigenvalue weighted by molar-refractivity contribution is -0.0886. The van der Waals surface area contributed by atoms with Crippen molar-refractivity contribution < 1.29 is 51.6 Å². The van der Waals surface area contributed by atoms with Crippen LogP contribution in [0.3, 0.4) is 0 Å². The fourth-order valence-electron chi connectivity index (χ4n) is 5.53. The van der Waals surface area contributed by atoms with E-state index in [-0.39, 0.29) is 29.2 Å². The maximum atomic E-state index is 13.3. The number of rotatable bonds is 2. The Bertz CT molecular complexity index is 1940. The van der Waals surface area contributed by atoms with Crippen LogP contribution in [0.15, 0.2) is 23.4 Å². The molecule has 3 aliphatic rings. The van der Waals surface area contributed by atoms with Crippen LogP contribution in [-0.4, -0.2) is 97.6 Å². The number of ether oxygens (including phenoxy) is 2. The van der Waals surface area contributed by atoms with Crippen molar-refractivity contribution in [2.24, 2.45) is 0 Å². The number of aliphatic hydroxyl groups is 1. The summed E-state index contributed by atoms with van der Waals surface area (Å²) in [6.45, 7) is 0.731. The number of aromatic amines is 1. The van der Waals surface area contributed by atoms with E-state index in [9.17, 15) is 28.8 Å². The number of hydrogen-bond acceptors (Lipinski definition) is 17. The molecular weight excluding hydrogens is 646 g/mol. The molecule has 4 aromatic rings. The molecule has 8 N–H and O–H groups in total. The van der Waals surface area contributed by atoms with E-state index in [1.165, 1.54) is 30.1 Å². The first-order valence-corrected chi connectivity index (χ1v) is 16.3. The normalized spacial score (nSPS) is 37.7. The number of aromatic nitrogens is 8. The third-order valence-electron chi connectivity index (χ3n) is 7.46. The molecule has 24 heteroatoms. The summed E-state index contributed by atoms with van der Waals surface area (Å²) in [5.41, 5.74) is 11.4. The van der Waals surface area contributed by atoms with Gasteiger partial charge in [-0.3, -0.25) is 32.4 Å². The monoisotopic (exact) mass is 672 g/mol. The number of pyridine rings is 1. The van der Waals surface area contributed by atoms with Crippen LogP contribution >= 0.6 is 15.6 Å². The standard InChI is InChI=1S/C21H26N10O12P2/c1-7-14-15(13(32)20(40-14)30-6-25-11-9(22)2-3-24-16(11)30)43-44(34,35)38-5-8-4-10(42-45(36,37)41-7)19(39-8)31-17-12(28-29-31)18(33)27-21(23)26-17/h2-3,6-8,10,13-15,19-20,32H,4-5H2,1H3,(H2,22,24)(H,34,35)(H,36,37)(H3,23,26,27,33)/t7-,8-,10+,13+,14-,15-,19+,20+/m0/s1. The summed E-state index contributed by atoms with van der Waals surface area (Å²) in [5, 5.41) is 18.9. The van der Waals surface area contributed by atoms with Gasteiger partial charge in [0.05, 0.1) is 30.8 Å². The number of aliphatic hydroxyl groups excluding tert-OH is 1. The zero-order valence-electron chi connectivity index (χ0n) is 23.0. The number of imidazole rings is 1. The lowest BCUT2D eigenvalue weighted by Crippen LogP contribution is -2.40. The molecule has 242 valence electrons. The Hall–Kier alpha value is -3.40. The van der Waals surface area contributed by atoms with Crippen LogP contribution in [0.5, 0.6) is 0 Å². The molecule has 0 aliphatic carbocycles. The molecule has 7 heterocycles. The molecule has 7 rings (SSSR count). The number of nitrogens with two attached hydrogens (primary N) is 2. The Morgan fingerprint density at radius 3 is 2.62 bits per heavy atom. The lowest BCUT2D eigenvalue weighted by Gasteiger charge is -2.28. The summed E-state index contributed by atoms with van der Waals surface area (Å²) >= 11 is 0. The summed E-state index contributed by atoms with van der Waals surface area (Å²) in [6.07, 6.45) is -8.58. The van der Waals surface area contributed by atoms with E-state index in [0.29, 0.717) is 11.2 Å². The van der Waals surface area contributed by atoms with Crippen molar-refractivity contribution in [2.75, 3.05) is 18.1 Å². The van der Waals surface area contributed by atoms with E-state index in [1.54, 1.807) is 0 Å². The maximum Gasteiger partial charge on any atom is 0.472 e. The molecule has 45 heavy (non-hydrogen) atoms. The molecule has 0 spiro atoms. The minimum absolute atomic E-state index is 0.124. The summed E-state index contributed by atoms with van der Waals surface area (Å²) in [5.74, 6) is -0.258. The molecule has 0 saturated carbocycles. The third-order valence-corrected chi connectivity index (χ3v) is 9.58. The second kappa shape index (κ2) is 10.9. The average molecular weight is 672 g/mol. The van der Waals surface area contributed by atoms with E-state index in [0.717, 1.165) is 4.68 Å². The Labute approximate surface area is 250 Å². The quantitative estimate of drug-likeness (QED) is 0.140. The summed E-state index contributed by atoms with van der Waals surface area (Å²) in [6, 6.07) is 1.52. The van der Waals surface area contributed by atoms with Crippen molar-refractivity contribution in [3.05, 3.63) is 28.9 Å². The van der Waals surface area contributed by atoms with Gasteiger partial charge in [-0.25, -0.2) is 19.1 Å². The van der Waals surface area contributed by atoms with Gasteiger partial charge in [0.25, 0.3) is 5.56 Å². The topological polar surface area (TPSA) is 309 Å². The highest BCUT2D eigenvalue weighted by Gasteiger charge is 2.54. The Morgan fingerprint density at radius 1 is 1.02 bits per heavy atom. The fourth-order valence-corrected chi connectivity index (χ4v) is 7.62. The fraction of sp³-hybridized carbons (Fsp3) is 0.524. The van der Waals surface area contributed by atoms with Gasteiger partial charge >= 0.3 is 15.6 Å². The molecule has 3 fully saturated rings. The lowest BCUT2D eigenvalue weighted by atomic mass is 10.1. The average Bonchev–Trinajstić information content (AvgIpc) is 3.72. The van der Waals surface area contributed by atoms with Crippen molar-refractivity contribution in [1.29, 1.82) is 0 Å². The molecule has 0 aromatic carbocycles. The van der Waals surface area contributed by atoms with Crippen LogP contribution in [0.2, 0.25) is 0 Å².